The molecule has 2 atom stereocenters. The molecule has 1 fully saturated rings. The fraction of sp³-hybridized carbons (Fsp3) is 0.917. The van der Waals surface area contributed by atoms with Crippen molar-refractivity contribution in [3.8, 4) is 0 Å². The summed E-state index contributed by atoms with van der Waals surface area (Å²) in [7, 11) is 0. The van der Waals surface area contributed by atoms with Crippen LogP contribution in [-0.4, -0.2) is 46.9 Å². The van der Waals surface area contributed by atoms with Gasteiger partial charge in [-0.05, 0) is 20.8 Å². The molecule has 1 aliphatic rings. The zero-order valence-corrected chi connectivity index (χ0v) is 11.4. The van der Waals surface area contributed by atoms with Crippen molar-refractivity contribution >= 4 is 6.09 Å². The molecule has 1 amide bonds. The summed E-state index contributed by atoms with van der Waals surface area (Å²) in [5.41, 5.74) is 4.93. The zero-order chi connectivity index (χ0) is 13.4. The lowest BCUT2D eigenvalue weighted by atomic mass is 9.79. The van der Waals surface area contributed by atoms with Crippen molar-refractivity contribution in [1.29, 1.82) is 0 Å². The molecule has 2 unspecified atom stereocenters. The van der Waals surface area contributed by atoms with E-state index in [4.69, 9.17) is 10.5 Å². The smallest absolute Gasteiger partial charge is 0.410 e. The molecule has 17 heavy (non-hydrogen) atoms. The van der Waals surface area contributed by atoms with Crippen LogP contribution in [0.2, 0.25) is 0 Å². The first-order chi connectivity index (χ1) is 7.53. The number of carbonyl (C=O) groups is 1. The summed E-state index contributed by atoms with van der Waals surface area (Å²) in [6, 6.07) is -0.425. The lowest BCUT2D eigenvalue weighted by Gasteiger charge is -2.45. The van der Waals surface area contributed by atoms with Crippen molar-refractivity contribution in [2.75, 3.05) is 13.1 Å². The minimum absolute atomic E-state index is 0.333. The van der Waals surface area contributed by atoms with Gasteiger partial charge in [0.25, 0.3) is 0 Å². The van der Waals surface area contributed by atoms with E-state index in [2.05, 4.69) is 0 Å². The van der Waals surface area contributed by atoms with Crippen molar-refractivity contribution < 1.29 is 14.6 Å². The van der Waals surface area contributed by atoms with Crippen molar-refractivity contribution in [2.45, 2.75) is 52.4 Å². The average Bonchev–Trinajstić information content (AvgIpc) is 2.10. The Morgan fingerprint density at radius 1 is 1.47 bits per heavy atom. The van der Waals surface area contributed by atoms with Gasteiger partial charge < -0.3 is 20.5 Å². The van der Waals surface area contributed by atoms with Gasteiger partial charge >= 0.3 is 6.09 Å². The molecule has 100 valence electrons. The van der Waals surface area contributed by atoms with Gasteiger partial charge in [0.1, 0.15) is 5.60 Å². The van der Waals surface area contributed by atoms with Crippen molar-refractivity contribution in [1.82, 2.24) is 4.90 Å². The Morgan fingerprint density at radius 3 is 2.41 bits per heavy atom. The maximum Gasteiger partial charge on any atom is 0.410 e. The van der Waals surface area contributed by atoms with Crippen LogP contribution in [0, 0.1) is 5.41 Å². The van der Waals surface area contributed by atoms with E-state index in [0.717, 1.165) is 0 Å². The van der Waals surface area contributed by atoms with E-state index in [0.29, 0.717) is 13.1 Å². The van der Waals surface area contributed by atoms with E-state index in [9.17, 15) is 9.90 Å². The van der Waals surface area contributed by atoms with E-state index in [1.807, 2.05) is 34.6 Å². The number of hydrogen-bond acceptors (Lipinski definition) is 4. The molecule has 0 aromatic heterocycles. The summed E-state index contributed by atoms with van der Waals surface area (Å²) in [5.74, 6) is 0. The molecule has 0 aromatic rings. The molecule has 1 saturated heterocycles. The standard InChI is InChI=1S/C12H24N2O3/c1-11(2,3)17-10(16)14-6-8(13)9(15)12(4,5)7-14/h8-9,15H,6-7,13H2,1-5H3. The quantitative estimate of drug-likeness (QED) is 0.665. The molecule has 0 aromatic carbocycles. The first kappa shape index (κ1) is 14.3. The van der Waals surface area contributed by atoms with Crippen LogP contribution in [0.3, 0.4) is 0 Å². The Morgan fingerprint density at radius 2 is 2.00 bits per heavy atom. The van der Waals surface area contributed by atoms with Crippen LogP contribution in [0.25, 0.3) is 0 Å². The number of aliphatic hydroxyl groups excluding tert-OH is 1. The van der Waals surface area contributed by atoms with Gasteiger partial charge in [-0.25, -0.2) is 4.79 Å². The third-order valence-corrected chi connectivity index (χ3v) is 2.89. The normalized spacial score (nSPS) is 29.0. The average molecular weight is 244 g/mol. The molecule has 5 heteroatoms. The summed E-state index contributed by atoms with van der Waals surface area (Å²) in [6.07, 6.45) is -0.964. The van der Waals surface area contributed by atoms with Crippen molar-refractivity contribution in [3.63, 3.8) is 0 Å². The molecule has 5 nitrogen and oxygen atoms in total. The Balaban J connectivity index is 2.71. The number of ether oxygens (including phenoxy) is 1. The Hall–Kier alpha value is -0.810. The number of hydrogen-bond donors (Lipinski definition) is 2. The molecular weight excluding hydrogens is 220 g/mol. The zero-order valence-electron chi connectivity index (χ0n) is 11.4. The monoisotopic (exact) mass is 244 g/mol. The molecule has 1 heterocycles. The van der Waals surface area contributed by atoms with E-state index in [1.165, 1.54) is 0 Å². The van der Waals surface area contributed by atoms with E-state index < -0.39 is 23.2 Å². The Labute approximate surface area is 103 Å². The predicted octanol–water partition coefficient (Wildman–Crippen LogP) is 0.951. The lowest BCUT2D eigenvalue weighted by Crippen LogP contribution is -2.61. The number of likely N-dealkylation sites (tertiary alicyclic amines) is 1. The van der Waals surface area contributed by atoms with Gasteiger partial charge in [-0.15, -0.1) is 0 Å². The largest absolute Gasteiger partial charge is 0.444 e. The molecule has 1 aliphatic heterocycles. The maximum absolute atomic E-state index is 11.9. The summed E-state index contributed by atoms with van der Waals surface area (Å²) < 4.78 is 5.30. The second kappa shape index (κ2) is 4.46. The SMILES string of the molecule is CC(C)(C)OC(=O)N1CC(N)C(O)C(C)(C)C1. The Bertz CT molecular complexity index is 297. The highest BCUT2D eigenvalue weighted by molar-refractivity contribution is 5.68. The molecule has 1 rings (SSSR count). The minimum Gasteiger partial charge on any atom is -0.444 e. The van der Waals surface area contributed by atoms with Crippen LogP contribution in [0.1, 0.15) is 34.6 Å². The number of amides is 1. The number of nitrogens with zero attached hydrogens (tertiary/aromatic N) is 1. The second-order valence-electron chi connectivity index (χ2n) is 6.46. The van der Waals surface area contributed by atoms with E-state index in [-0.39, 0.29) is 6.09 Å². The van der Waals surface area contributed by atoms with Gasteiger partial charge in [0.05, 0.1) is 6.10 Å². The summed E-state index contributed by atoms with van der Waals surface area (Å²) in [4.78, 5) is 13.5. The summed E-state index contributed by atoms with van der Waals surface area (Å²) >= 11 is 0. The fourth-order valence-corrected chi connectivity index (χ4v) is 2.05. The van der Waals surface area contributed by atoms with Crippen LogP contribution in [0.4, 0.5) is 4.79 Å². The van der Waals surface area contributed by atoms with E-state index >= 15 is 0 Å². The molecule has 0 radical (unpaired) electrons. The number of carbonyl (C=O) groups excluding carboxylic acids is 1. The highest BCUT2D eigenvalue weighted by Crippen LogP contribution is 2.29. The molecule has 3 N–H and O–H groups in total. The first-order valence-corrected chi connectivity index (χ1v) is 5.94. The summed E-state index contributed by atoms with van der Waals surface area (Å²) in [6.45, 7) is 10.1. The van der Waals surface area contributed by atoms with Gasteiger partial charge in [-0.2, -0.15) is 0 Å². The number of aliphatic hydroxyl groups is 1. The second-order valence-corrected chi connectivity index (χ2v) is 6.46. The van der Waals surface area contributed by atoms with Gasteiger partial charge in [0.15, 0.2) is 0 Å². The topological polar surface area (TPSA) is 75.8 Å². The van der Waals surface area contributed by atoms with Gasteiger partial charge in [-0.3, -0.25) is 0 Å². The first-order valence-electron chi connectivity index (χ1n) is 5.94. The van der Waals surface area contributed by atoms with E-state index in [1.54, 1.807) is 4.90 Å². The highest BCUT2D eigenvalue weighted by Gasteiger charge is 2.42. The fourth-order valence-electron chi connectivity index (χ4n) is 2.05. The summed E-state index contributed by atoms with van der Waals surface area (Å²) in [5, 5.41) is 9.93. The van der Waals surface area contributed by atoms with Crippen LogP contribution in [-0.2, 0) is 4.74 Å². The number of piperidine rings is 1. The Kier molecular flexibility index (Phi) is 3.74. The van der Waals surface area contributed by atoms with Gasteiger partial charge in [0, 0.05) is 24.5 Å². The molecular formula is C12H24N2O3. The minimum atomic E-state index is -0.596. The predicted molar refractivity (Wildman–Crippen MR) is 65.6 cm³/mol. The maximum atomic E-state index is 11.9. The molecule has 0 spiro atoms. The van der Waals surface area contributed by atoms with Crippen molar-refractivity contribution in [2.24, 2.45) is 11.1 Å². The van der Waals surface area contributed by atoms with Crippen LogP contribution < -0.4 is 5.73 Å². The molecule has 0 saturated carbocycles. The van der Waals surface area contributed by atoms with Crippen LogP contribution in [0.5, 0.6) is 0 Å². The molecule has 0 aliphatic carbocycles. The third kappa shape index (κ3) is 3.57. The van der Waals surface area contributed by atoms with Crippen LogP contribution in [0.15, 0.2) is 0 Å². The van der Waals surface area contributed by atoms with Gasteiger partial charge in [-0.1, -0.05) is 13.8 Å². The number of nitrogens with two attached hydrogens (primary N) is 1. The highest BCUT2D eigenvalue weighted by atomic mass is 16.6. The van der Waals surface area contributed by atoms with Crippen molar-refractivity contribution in [3.05, 3.63) is 0 Å². The number of rotatable bonds is 0. The molecule has 0 bridgehead atoms. The third-order valence-electron chi connectivity index (χ3n) is 2.89. The van der Waals surface area contributed by atoms with Crippen LogP contribution >= 0.6 is 0 Å². The van der Waals surface area contributed by atoms with Gasteiger partial charge in [0.2, 0.25) is 0 Å². The lowest BCUT2D eigenvalue weighted by molar-refractivity contribution is -0.0485.